The smallest absolute Gasteiger partial charge is 0.257 e. The summed E-state index contributed by atoms with van der Waals surface area (Å²) in [5.74, 6) is 0.502. The lowest BCUT2D eigenvalue weighted by Gasteiger charge is -2.14. The number of carbonyl (C=O) groups excluding carboxylic acids is 1. The van der Waals surface area contributed by atoms with Crippen LogP contribution in [0.4, 0.5) is 0 Å². The fourth-order valence-electron chi connectivity index (χ4n) is 1.48. The molecule has 1 aromatic carbocycles. The molecule has 0 spiro atoms. The SMILES string of the molecule is CN(C)C(=O)c1ccccc1Oc1nc(Cl)ncc1Br. The lowest BCUT2D eigenvalue weighted by Crippen LogP contribution is -2.22. The van der Waals surface area contributed by atoms with E-state index in [1.54, 1.807) is 38.4 Å². The highest BCUT2D eigenvalue weighted by Gasteiger charge is 2.16. The van der Waals surface area contributed by atoms with Gasteiger partial charge >= 0.3 is 0 Å². The lowest BCUT2D eigenvalue weighted by molar-refractivity contribution is 0.0825. The fourth-order valence-corrected chi connectivity index (χ4v) is 1.88. The Balaban J connectivity index is 2.39. The molecule has 7 heteroatoms. The molecule has 0 radical (unpaired) electrons. The molecule has 0 fully saturated rings. The van der Waals surface area contributed by atoms with Crippen LogP contribution >= 0.6 is 27.5 Å². The molecule has 0 atom stereocenters. The molecule has 0 bridgehead atoms. The average Bonchev–Trinajstić information content (AvgIpc) is 2.42. The molecule has 5 nitrogen and oxygen atoms in total. The minimum atomic E-state index is -0.156. The predicted octanol–water partition coefficient (Wildman–Crippen LogP) is 3.39. The highest BCUT2D eigenvalue weighted by atomic mass is 79.9. The Morgan fingerprint density at radius 3 is 2.75 bits per heavy atom. The number of halogens is 2. The van der Waals surface area contributed by atoms with Crippen molar-refractivity contribution < 1.29 is 9.53 Å². The van der Waals surface area contributed by atoms with E-state index in [0.29, 0.717) is 15.8 Å². The number of amides is 1. The first-order chi connectivity index (χ1) is 9.49. The minimum absolute atomic E-state index is 0.0691. The predicted molar refractivity (Wildman–Crippen MR) is 79.3 cm³/mol. The molecule has 20 heavy (non-hydrogen) atoms. The van der Waals surface area contributed by atoms with E-state index < -0.39 is 0 Å². The number of rotatable bonds is 3. The summed E-state index contributed by atoms with van der Waals surface area (Å²) in [7, 11) is 3.35. The lowest BCUT2D eigenvalue weighted by atomic mass is 10.2. The van der Waals surface area contributed by atoms with E-state index in [-0.39, 0.29) is 17.1 Å². The zero-order valence-corrected chi connectivity index (χ0v) is 13.1. The van der Waals surface area contributed by atoms with Crippen LogP contribution in [0, 0.1) is 0 Å². The van der Waals surface area contributed by atoms with Gasteiger partial charge in [-0.3, -0.25) is 4.79 Å². The molecule has 0 aliphatic carbocycles. The van der Waals surface area contributed by atoms with Crippen LogP contribution in [0.2, 0.25) is 5.28 Å². The van der Waals surface area contributed by atoms with E-state index >= 15 is 0 Å². The molecule has 0 aliphatic rings. The van der Waals surface area contributed by atoms with Gasteiger partial charge in [-0.2, -0.15) is 4.98 Å². The molecule has 0 N–H and O–H groups in total. The highest BCUT2D eigenvalue weighted by molar-refractivity contribution is 9.10. The Morgan fingerprint density at radius 1 is 1.35 bits per heavy atom. The zero-order chi connectivity index (χ0) is 14.7. The number of hydrogen-bond donors (Lipinski definition) is 0. The van der Waals surface area contributed by atoms with Gasteiger partial charge in [-0.05, 0) is 39.7 Å². The summed E-state index contributed by atoms with van der Waals surface area (Å²) < 4.78 is 6.21. The Labute approximate surface area is 129 Å². The summed E-state index contributed by atoms with van der Waals surface area (Å²) in [6.07, 6.45) is 1.49. The second kappa shape index (κ2) is 6.19. The highest BCUT2D eigenvalue weighted by Crippen LogP contribution is 2.30. The van der Waals surface area contributed by atoms with E-state index in [4.69, 9.17) is 16.3 Å². The van der Waals surface area contributed by atoms with Crippen molar-refractivity contribution in [3.63, 3.8) is 0 Å². The summed E-state index contributed by atoms with van der Waals surface area (Å²) in [5.41, 5.74) is 0.444. The van der Waals surface area contributed by atoms with Gasteiger partial charge in [0.2, 0.25) is 11.2 Å². The maximum absolute atomic E-state index is 12.1. The van der Waals surface area contributed by atoms with Crippen molar-refractivity contribution in [1.29, 1.82) is 0 Å². The van der Waals surface area contributed by atoms with Crippen LogP contribution in [0.15, 0.2) is 34.9 Å². The van der Waals surface area contributed by atoms with Crippen LogP contribution in [0.5, 0.6) is 11.6 Å². The van der Waals surface area contributed by atoms with E-state index in [1.165, 1.54) is 11.1 Å². The summed E-state index contributed by atoms with van der Waals surface area (Å²) in [6, 6.07) is 6.93. The maximum Gasteiger partial charge on any atom is 0.257 e. The van der Waals surface area contributed by atoms with Gasteiger partial charge in [0.1, 0.15) is 5.75 Å². The van der Waals surface area contributed by atoms with Crippen LogP contribution < -0.4 is 4.74 Å². The number of benzene rings is 1. The molecule has 0 saturated heterocycles. The van der Waals surface area contributed by atoms with Gasteiger partial charge in [0, 0.05) is 20.3 Å². The molecular formula is C13H11BrClN3O2. The van der Waals surface area contributed by atoms with Crippen LogP contribution in [0.25, 0.3) is 0 Å². The van der Waals surface area contributed by atoms with Crippen LogP contribution in [-0.2, 0) is 0 Å². The molecule has 2 aromatic rings. The van der Waals surface area contributed by atoms with Crippen molar-refractivity contribution in [2.24, 2.45) is 0 Å². The Morgan fingerprint density at radius 2 is 2.05 bits per heavy atom. The van der Waals surface area contributed by atoms with Crippen LogP contribution in [0.1, 0.15) is 10.4 Å². The Kier molecular flexibility index (Phi) is 4.57. The summed E-state index contributed by atoms with van der Waals surface area (Å²) in [4.78, 5) is 21.4. The molecule has 0 unspecified atom stereocenters. The number of carbonyl (C=O) groups is 1. The normalized spacial score (nSPS) is 10.2. The molecule has 0 aliphatic heterocycles. The second-order valence-corrected chi connectivity index (χ2v) is 5.28. The standard InChI is InChI=1S/C13H11BrClN3O2/c1-18(2)12(19)8-5-3-4-6-10(8)20-11-9(14)7-16-13(15)17-11/h3-7H,1-2H3. The van der Waals surface area contributed by atoms with Crippen molar-refractivity contribution >= 4 is 33.4 Å². The average molecular weight is 357 g/mol. The van der Waals surface area contributed by atoms with Gasteiger partial charge in [0.15, 0.2) is 0 Å². The van der Waals surface area contributed by atoms with Crippen molar-refractivity contribution in [2.45, 2.75) is 0 Å². The minimum Gasteiger partial charge on any atom is -0.437 e. The quantitative estimate of drug-likeness (QED) is 0.791. The van der Waals surface area contributed by atoms with Crippen LogP contribution in [-0.4, -0.2) is 34.9 Å². The van der Waals surface area contributed by atoms with Gasteiger partial charge in [-0.1, -0.05) is 12.1 Å². The molecular weight excluding hydrogens is 346 g/mol. The first kappa shape index (κ1) is 14.7. The van der Waals surface area contributed by atoms with Crippen LogP contribution in [0.3, 0.4) is 0 Å². The topological polar surface area (TPSA) is 55.3 Å². The Bertz CT molecular complexity index is 649. The number of aromatic nitrogens is 2. The summed E-state index contributed by atoms with van der Waals surface area (Å²) in [6.45, 7) is 0. The van der Waals surface area contributed by atoms with Crippen molar-refractivity contribution in [1.82, 2.24) is 14.9 Å². The van der Waals surface area contributed by atoms with E-state index in [0.717, 1.165) is 0 Å². The number of para-hydroxylation sites is 1. The molecule has 2 rings (SSSR count). The van der Waals surface area contributed by atoms with E-state index in [2.05, 4.69) is 25.9 Å². The van der Waals surface area contributed by atoms with Gasteiger partial charge in [-0.15, -0.1) is 0 Å². The third-order valence-electron chi connectivity index (χ3n) is 2.41. The first-order valence-corrected chi connectivity index (χ1v) is 6.82. The third-order valence-corrected chi connectivity index (χ3v) is 3.14. The number of nitrogens with zero attached hydrogens (tertiary/aromatic N) is 3. The monoisotopic (exact) mass is 355 g/mol. The molecule has 104 valence electrons. The van der Waals surface area contributed by atoms with E-state index in [1.807, 2.05) is 0 Å². The molecule has 0 saturated carbocycles. The second-order valence-electron chi connectivity index (χ2n) is 4.09. The summed E-state index contributed by atoms with van der Waals surface area (Å²) >= 11 is 9.01. The van der Waals surface area contributed by atoms with Gasteiger partial charge < -0.3 is 9.64 Å². The first-order valence-electron chi connectivity index (χ1n) is 5.65. The molecule has 1 aromatic heterocycles. The van der Waals surface area contributed by atoms with Crippen molar-refractivity contribution in [2.75, 3.05) is 14.1 Å². The van der Waals surface area contributed by atoms with Gasteiger partial charge in [-0.25, -0.2) is 4.98 Å². The van der Waals surface area contributed by atoms with Crippen molar-refractivity contribution in [3.05, 3.63) is 45.8 Å². The molecule has 1 amide bonds. The zero-order valence-electron chi connectivity index (χ0n) is 10.8. The third kappa shape index (κ3) is 3.26. The van der Waals surface area contributed by atoms with Crippen molar-refractivity contribution in [3.8, 4) is 11.6 Å². The number of hydrogen-bond acceptors (Lipinski definition) is 4. The number of ether oxygens (including phenoxy) is 1. The fraction of sp³-hybridized carbons (Fsp3) is 0.154. The van der Waals surface area contributed by atoms with E-state index in [9.17, 15) is 4.79 Å². The molecule has 1 heterocycles. The maximum atomic E-state index is 12.1. The summed E-state index contributed by atoms with van der Waals surface area (Å²) in [5, 5.41) is 0.0691. The Hall–Kier alpha value is -1.66. The van der Waals surface area contributed by atoms with Gasteiger partial charge in [0.05, 0.1) is 10.0 Å². The largest absolute Gasteiger partial charge is 0.437 e. The van der Waals surface area contributed by atoms with Gasteiger partial charge in [0.25, 0.3) is 5.91 Å².